The number of rotatable bonds is 7. The maximum absolute atomic E-state index is 9.64. The second-order valence-electron chi connectivity index (χ2n) is 5.04. The Bertz CT molecular complexity index is 156. The van der Waals surface area contributed by atoms with E-state index in [0.29, 0.717) is 5.92 Å². The minimum Gasteiger partial charge on any atom is -0.392 e. The average molecular weight is 214 g/mol. The van der Waals surface area contributed by atoms with Crippen molar-refractivity contribution in [1.82, 2.24) is 10.2 Å². The van der Waals surface area contributed by atoms with Crippen LogP contribution in [0.15, 0.2) is 0 Å². The molecule has 0 saturated carbocycles. The highest BCUT2D eigenvalue weighted by molar-refractivity contribution is 4.68. The zero-order chi connectivity index (χ0) is 11.1. The monoisotopic (exact) mass is 214 g/mol. The number of aliphatic hydroxyl groups excluding tert-OH is 1. The number of aliphatic hydroxyl groups is 1. The zero-order valence-corrected chi connectivity index (χ0v) is 10.2. The summed E-state index contributed by atoms with van der Waals surface area (Å²) in [5.74, 6) is 0.584. The van der Waals surface area contributed by atoms with Crippen LogP contribution < -0.4 is 5.32 Å². The van der Waals surface area contributed by atoms with Crippen LogP contribution in [-0.2, 0) is 0 Å². The molecule has 0 aromatic carbocycles. The van der Waals surface area contributed by atoms with E-state index >= 15 is 0 Å². The summed E-state index contributed by atoms with van der Waals surface area (Å²) in [7, 11) is 0. The highest BCUT2D eigenvalue weighted by atomic mass is 16.3. The van der Waals surface area contributed by atoms with Gasteiger partial charge in [-0.2, -0.15) is 0 Å². The van der Waals surface area contributed by atoms with Gasteiger partial charge in [-0.15, -0.1) is 0 Å². The van der Waals surface area contributed by atoms with Gasteiger partial charge in [0, 0.05) is 19.6 Å². The van der Waals surface area contributed by atoms with E-state index in [-0.39, 0.29) is 6.10 Å². The summed E-state index contributed by atoms with van der Waals surface area (Å²) in [6.45, 7) is 9.70. The molecule has 15 heavy (non-hydrogen) atoms. The molecule has 1 atom stereocenters. The highest BCUT2D eigenvalue weighted by Crippen LogP contribution is 2.06. The second-order valence-corrected chi connectivity index (χ2v) is 5.04. The molecule has 1 aliphatic rings. The van der Waals surface area contributed by atoms with Crippen LogP contribution in [-0.4, -0.2) is 48.8 Å². The molecule has 2 N–H and O–H groups in total. The van der Waals surface area contributed by atoms with Gasteiger partial charge in [-0.05, 0) is 38.3 Å². The van der Waals surface area contributed by atoms with Crippen molar-refractivity contribution in [2.24, 2.45) is 5.92 Å². The highest BCUT2D eigenvalue weighted by Gasteiger charge is 2.11. The predicted octanol–water partition coefficient (Wildman–Crippen LogP) is 1.08. The predicted molar refractivity (Wildman–Crippen MR) is 64.0 cm³/mol. The SMILES string of the molecule is CC(C)CC(O)CNCCN1CCCC1. The lowest BCUT2D eigenvalue weighted by molar-refractivity contribution is 0.145. The maximum atomic E-state index is 9.64. The van der Waals surface area contributed by atoms with Crippen LogP contribution >= 0.6 is 0 Å². The van der Waals surface area contributed by atoms with Crippen molar-refractivity contribution in [3.63, 3.8) is 0 Å². The van der Waals surface area contributed by atoms with Crippen molar-refractivity contribution in [3.8, 4) is 0 Å². The molecule has 1 heterocycles. The molecule has 0 amide bonds. The van der Waals surface area contributed by atoms with Crippen molar-refractivity contribution in [3.05, 3.63) is 0 Å². The van der Waals surface area contributed by atoms with Gasteiger partial charge in [-0.25, -0.2) is 0 Å². The third-order valence-corrected chi connectivity index (χ3v) is 2.93. The molecule has 0 spiro atoms. The van der Waals surface area contributed by atoms with E-state index in [1.807, 2.05) is 0 Å². The van der Waals surface area contributed by atoms with Gasteiger partial charge in [-0.3, -0.25) is 0 Å². The lowest BCUT2D eigenvalue weighted by Crippen LogP contribution is -2.34. The summed E-state index contributed by atoms with van der Waals surface area (Å²) >= 11 is 0. The van der Waals surface area contributed by atoms with E-state index in [0.717, 1.165) is 26.1 Å². The first-order valence-corrected chi connectivity index (χ1v) is 6.29. The molecule has 90 valence electrons. The van der Waals surface area contributed by atoms with E-state index in [1.54, 1.807) is 0 Å². The van der Waals surface area contributed by atoms with Crippen LogP contribution in [0.25, 0.3) is 0 Å². The minimum absolute atomic E-state index is 0.177. The molecule has 0 aliphatic carbocycles. The average Bonchev–Trinajstić information content (AvgIpc) is 2.63. The number of hydrogen-bond acceptors (Lipinski definition) is 3. The van der Waals surface area contributed by atoms with Crippen LogP contribution in [0.2, 0.25) is 0 Å². The van der Waals surface area contributed by atoms with Crippen LogP contribution in [0.3, 0.4) is 0 Å². The zero-order valence-electron chi connectivity index (χ0n) is 10.2. The Kier molecular flexibility index (Phi) is 6.22. The van der Waals surface area contributed by atoms with Gasteiger partial charge in [0.05, 0.1) is 6.10 Å². The summed E-state index contributed by atoms with van der Waals surface area (Å²) in [4.78, 5) is 2.49. The minimum atomic E-state index is -0.177. The van der Waals surface area contributed by atoms with Crippen molar-refractivity contribution in [1.29, 1.82) is 0 Å². The van der Waals surface area contributed by atoms with Gasteiger partial charge < -0.3 is 15.3 Å². The van der Waals surface area contributed by atoms with Gasteiger partial charge in [-0.1, -0.05) is 13.8 Å². The van der Waals surface area contributed by atoms with E-state index in [9.17, 15) is 5.11 Å². The summed E-state index contributed by atoms with van der Waals surface area (Å²) in [5.41, 5.74) is 0. The Balaban J connectivity index is 1.91. The Morgan fingerprint density at radius 2 is 1.93 bits per heavy atom. The second kappa shape index (κ2) is 7.20. The molecular formula is C12H26N2O. The molecule has 1 rings (SSSR count). The first-order valence-electron chi connectivity index (χ1n) is 6.29. The van der Waals surface area contributed by atoms with Gasteiger partial charge in [0.1, 0.15) is 0 Å². The topological polar surface area (TPSA) is 35.5 Å². The molecule has 0 radical (unpaired) electrons. The third kappa shape index (κ3) is 6.13. The van der Waals surface area contributed by atoms with Crippen molar-refractivity contribution in [2.45, 2.75) is 39.2 Å². The van der Waals surface area contributed by atoms with Crippen molar-refractivity contribution in [2.75, 3.05) is 32.7 Å². The molecule has 3 heteroatoms. The fourth-order valence-corrected chi connectivity index (χ4v) is 2.14. The first-order chi connectivity index (χ1) is 7.18. The van der Waals surface area contributed by atoms with E-state index in [4.69, 9.17) is 0 Å². The standard InChI is InChI=1S/C12H26N2O/c1-11(2)9-12(15)10-13-5-8-14-6-3-4-7-14/h11-13,15H,3-10H2,1-2H3. The van der Waals surface area contributed by atoms with Crippen LogP contribution in [0, 0.1) is 5.92 Å². The fourth-order valence-electron chi connectivity index (χ4n) is 2.14. The maximum Gasteiger partial charge on any atom is 0.0667 e. The quantitative estimate of drug-likeness (QED) is 0.623. The number of likely N-dealkylation sites (tertiary alicyclic amines) is 1. The number of hydrogen-bond donors (Lipinski definition) is 2. The lowest BCUT2D eigenvalue weighted by atomic mass is 10.1. The van der Waals surface area contributed by atoms with Crippen LogP contribution in [0.1, 0.15) is 33.1 Å². The lowest BCUT2D eigenvalue weighted by Gasteiger charge is -2.17. The summed E-state index contributed by atoms with van der Waals surface area (Å²) < 4.78 is 0. The Labute approximate surface area is 93.9 Å². The molecule has 1 unspecified atom stereocenters. The smallest absolute Gasteiger partial charge is 0.0667 e. The molecule has 0 bridgehead atoms. The third-order valence-electron chi connectivity index (χ3n) is 2.93. The number of nitrogens with zero attached hydrogens (tertiary/aromatic N) is 1. The molecule has 1 saturated heterocycles. The van der Waals surface area contributed by atoms with Crippen LogP contribution in [0.4, 0.5) is 0 Å². The normalized spacial score (nSPS) is 20.0. The summed E-state index contributed by atoms with van der Waals surface area (Å²) in [5, 5.41) is 13.0. The molecule has 0 aromatic rings. The fraction of sp³-hybridized carbons (Fsp3) is 1.00. The number of nitrogens with one attached hydrogen (secondary N) is 1. The first kappa shape index (κ1) is 12.9. The van der Waals surface area contributed by atoms with E-state index in [1.165, 1.54) is 25.9 Å². The van der Waals surface area contributed by atoms with E-state index in [2.05, 4.69) is 24.1 Å². The largest absolute Gasteiger partial charge is 0.392 e. The van der Waals surface area contributed by atoms with Gasteiger partial charge in [0.25, 0.3) is 0 Å². The van der Waals surface area contributed by atoms with Gasteiger partial charge >= 0.3 is 0 Å². The Morgan fingerprint density at radius 1 is 1.27 bits per heavy atom. The summed E-state index contributed by atoms with van der Waals surface area (Å²) in [6.07, 6.45) is 3.44. The molecular weight excluding hydrogens is 188 g/mol. The summed E-state index contributed by atoms with van der Waals surface area (Å²) in [6, 6.07) is 0. The van der Waals surface area contributed by atoms with E-state index < -0.39 is 0 Å². The molecule has 0 aromatic heterocycles. The molecule has 1 aliphatic heterocycles. The Morgan fingerprint density at radius 3 is 2.53 bits per heavy atom. The molecule has 1 fully saturated rings. The Hall–Kier alpha value is -0.120. The van der Waals surface area contributed by atoms with Crippen molar-refractivity contribution < 1.29 is 5.11 Å². The van der Waals surface area contributed by atoms with Crippen molar-refractivity contribution >= 4 is 0 Å². The van der Waals surface area contributed by atoms with Gasteiger partial charge in [0.15, 0.2) is 0 Å². The van der Waals surface area contributed by atoms with Gasteiger partial charge in [0.2, 0.25) is 0 Å². The molecule has 3 nitrogen and oxygen atoms in total. The van der Waals surface area contributed by atoms with Crippen LogP contribution in [0.5, 0.6) is 0 Å².